The summed E-state index contributed by atoms with van der Waals surface area (Å²) in [7, 11) is 1.84. The molecule has 0 saturated carbocycles. The average Bonchev–Trinajstić information content (AvgIpc) is 3.13. The lowest BCUT2D eigenvalue weighted by Crippen LogP contribution is -2.33. The first-order chi connectivity index (χ1) is 15.3. The highest BCUT2D eigenvalue weighted by molar-refractivity contribution is 9.10. The van der Waals surface area contributed by atoms with Gasteiger partial charge in [-0.2, -0.15) is 0 Å². The first-order valence-electron chi connectivity index (χ1n) is 10.2. The van der Waals surface area contributed by atoms with Crippen molar-refractivity contribution in [2.45, 2.75) is 32.0 Å². The van der Waals surface area contributed by atoms with Crippen molar-refractivity contribution in [3.05, 3.63) is 70.0 Å². The molecule has 0 aliphatic heterocycles. The van der Waals surface area contributed by atoms with Crippen LogP contribution in [-0.4, -0.2) is 32.3 Å². The number of benzene rings is 2. The molecule has 0 aliphatic carbocycles. The van der Waals surface area contributed by atoms with Gasteiger partial charge in [0.05, 0.1) is 11.8 Å². The first kappa shape index (κ1) is 24.0. The molecule has 2 aromatic carbocycles. The van der Waals surface area contributed by atoms with Crippen molar-refractivity contribution in [3.63, 3.8) is 0 Å². The van der Waals surface area contributed by atoms with Gasteiger partial charge in [-0.3, -0.25) is 9.59 Å². The Hall–Kier alpha value is -2.65. The maximum absolute atomic E-state index is 12.7. The van der Waals surface area contributed by atoms with E-state index >= 15 is 0 Å². The van der Waals surface area contributed by atoms with Gasteiger partial charge in [0.25, 0.3) is 5.91 Å². The molecule has 9 heteroatoms. The zero-order valence-electron chi connectivity index (χ0n) is 18.4. The Labute approximate surface area is 200 Å². The van der Waals surface area contributed by atoms with E-state index in [1.54, 1.807) is 12.1 Å². The van der Waals surface area contributed by atoms with E-state index in [0.717, 1.165) is 15.7 Å². The normalized spacial score (nSPS) is 11.9. The molecule has 0 unspecified atom stereocenters. The van der Waals surface area contributed by atoms with Crippen LogP contribution in [0.15, 0.2) is 58.2 Å². The van der Waals surface area contributed by atoms with Crippen molar-refractivity contribution >= 4 is 45.2 Å². The highest BCUT2D eigenvalue weighted by Gasteiger charge is 2.25. The summed E-state index contributed by atoms with van der Waals surface area (Å²) in [5.74, 6) is 0.664. The SMILES string of the molecule is Cc1cc(NC(=O)CSc2nnc([C@H](NC(=O)c3ccccc3)C(C)C)n2C)ccc1Br. The molecule has 2 N–H and O–H groups in total. The third-order valence-corrected chi connectivity index (χ3v) is 6.82. The lowest BCUT2D eigenvalue weighted by Gasteiger charge is -2.21. The van der Waals surface area contributed by atoms with Crippen LogP contribution in [0.25, 0.3) is 0 Å². The third-order valence-electron chi connectivity index (χ3n) is 4.91. The van der Waals surface area contributed by atoms with E-state index < -0.39 is 0 Å². The second-order valence-electron chi connectivity index (χ2n) is 7.76. The number of halogens is 1. The molecule has 2 amide bonds. The molecular formula is C23H26BrN5O2S. The van der Waals surface area contributed by atoms with E-state index in [4.69, 9.17) is 0 Å². The van der Waals surface area contributed by atoms with Crippen LogP contribution in [0.4, 0.5) is 5.69 Å². The molecule has 168 valence electrons. The van der Waals surface area contributed by atoms with E-state index in [-0.39, 0.29) is 29.5 Å². The van der Waals surface area contributed by atoms with E-state index in [1.165, 1.54) is 11.8 Å². The summed E-state index contributed by atoms with van der Waals surface area (Å²) in [6.07, 6.45) is 0. The van der Waals surface area contributed by atoms with Crippen molar-refractivity contribution in [2.75, 3.05) is 11.1 Å². The molecule has 3 rings (SSSR count). The van der Waals surface area contributed by atoms with E-state index in [1.807, 2.05) is 68.8 Å². The second-order valence-corrected chi connectivity index (χ2v) is 9.56. The Kier molecular flexibility index (Phi) is 8.09. The molecule has 1 atom stereocenters. The molecular weight excluding hydrogens is 490 g/mol. The summed E-state index contributed by atoms with van der Waals surface area (Å²) in [6, 6.07) is 14.4. The van der Waals surface area contributed by atoms with Crippen molar-refractivity contribution in [2.24, 2.45) is 13.0 Å². The molecule has 0 fully saturated rings. The summed E-state index contributed by atoms with van der Waals surface area (Å²) in [5, 5.41) is 15.1. The van der Waals surface area contributed by atoms with E-state index in [9.17, 15) is 9.59 Å². The number of nitrogens with zero attached hydrogens (tertiary/aromatic N) is 3. The highest BCUT2D eigenvalue weighted by Crippen LogP contribution is 2.25. The third kappa shape index (κ3) is 5.98. The summed E-state index contributed by atoms with van der Waals surface area (Å²) in [4.78, 5) is 25.0. The minimum atomic E-state index is -0.311. The van der Waals surface area contributed by atoms with Gasteiger partial charge in [-0.1, -0.05) is 59.7 Å². The zero-order valence-corrected chi connectivity index (χ0v) is 20.8. The number of rotatable bonds is 8. The van der Waals surface area contributed by atoms with Gasteiger partial charge in [0, 0.05) is 22.8 Å². The van der Waals surface area contributed by atoms with Crippen molar-refractivity contribution in [3.8, 4) is 0 Å². The van der Waals surface area contributed by atoms with Crippen molar-refractivity contribution in [1.29, 1.82) is 0 Å². The summed E-state index contributed by atoms with van der Waals surface area (Å²) >= 11 is 4.76. The van der Waals surface area contributed by atoms with Gasteiger partial charge >= 0.3 is 0 Å². The zero-order chi connectivity index (χ0) is 23.3. The monoisotopic (exact) mass is 515 g/mol. The second kappa shape index (κ2) is 10.8. The fourth-order valence-electron chi connectivity index (χ4n) is 3.12. The van der Waals surface area contributed by atoms with Gasteiger partial charge in [-0.05, 0) is 48.7 Å². The Morgan fingerprint density at radius 3 is 2.50 bits per heavy atom. The minimum absolute atomic E-state index is 0.104. The Morgan fingerprint density at radius 2 is 1.84 bits per heavy atom. The van der Waals surface area contributed by atoms with Crippen LogP contribution in [-0.2, 0) is 11.8 Å². The Bertz CT molecular complexity index is 1100. The number of carbonyl (C=O) groups is 2. The number of thioether (sulfide) groups is 1. The van der Waals surface area contributed by atoms with Gasteiger partial charge in [-0.15, -0.1) is 10.2 Å². The lowest BCUT2D eigenvalue weighted by molar-refractivity contribution is -0.113. The molecule has 0 spiro atoms. The molecule has 0 aliphatic rings. The van der Waals surface area contributed by atoms with Gasteiger partial charge in [-0.25, -0.2) is 0 Å². The molecule has 32 heavy (non-hydrogen) atoms. The predicted octanol–water partition coefficient (Wildman–Crippen LogP) is 4.74. The topological polar surface area (TPSA) is 88.9 Å². The summed E-state index contributed by atoms with van der Waals surface area (Å²) < 4.78 is 2.83. The number of carbonyl (C=O) groups excluding carboxylic acids is 2. The summed E-state index contributed by atoms with van der Waals surface area (Å²) in [5.41, 5.74) is 2.39. The summed E-state index contributed by atoms with van der Waals surface area (Å²) in [6.45, 7) is 6.01. The molecule has 3 aromatic rings. The Balaban J connectivity index is 1.65. The molecule has 0 saturated heterocycles. The van der Waals surface area contributed by atoms with Gasteiger partial charge in [0.15, 0.2) is 11.0 Å². The van der Waals surface area contributed by atoms with Crippen molar-refractivity contribution in [1.82, 2.24) is 20.1 Å². The number of nitrogens with one attached hydrogen (secondary N) is 2. The number of aromatic nitrogens is 3. The molecule has 1 aromatic heterocycles. The van der Waals surface area contributed by atoms with Crippen molar-refractivity contribution < 1.29 is 9.59 Å². The molecule has 1 heterocycles. The number of anilines is 1. The largest absolute Gasteiger partial charge is 0.342 e. The van der Waals surface area contributed by atoms with Crippen LogP contribution in [0.3, 0.4) is 0 Å². The van der Waals surface area contributed by atoms with Crippen LogP contribution < -0.4 is 10.6 Å². The maximum Gasteiger partial charge on any atom is 0.251 e. The van der Waals surface area contributed by atoms with Gasteiger partial charge < -0.3 is 15.2 Å². The fourth-order valence-corrected chi connectivity index (χ4v) is 4.08. The van der Waals surface area contributed by atoms with Crippen LogP contribution in [0.5, 0.6) is 0 Å². The van der Waals surface area contributed by atoms with Crippen LogP contribution in [0.2, 0.25) is 0 Å². The minimum Gasteiger partial charge on any atom is -0.342 e. The first-order valence-corrected chi connectivity index (χ1v) is 12.0. The van der Waals surface area contributed by atoms with Crippen LogP contribution >= 0.6 is 27.7 Å². The molecule has 0 bridgehead atoms. The number of amides is 2. The standard InChI is InChI=1S/C23H26BrN5O2S/c1-14(2)20(26-22(31)16-8-6-5-7-9-16)21-27-28-23(29(21)4)32-13-19(30)25-17-10-11-18(24)15(3)12-17/h5-12,14,20H,13H2,1-4H3,(H,25,30)(H,26,31)/t20-/m1/s1. The predicted molar refractivity (Wildman–Crippen MR) is 131 cm³/mol. The average molecular weight is 516 g/mol. The van der Waals surface area contributed by atoms with Crippen LogP contribution in [0.1, 0.15) is 41.6 Å². The quantitative estimate of drug-likeness (QED) is 0.422. The van der Waals surface area contributed by atoms with E-state index in [2.05, 4.69) is 36.8 Å². The highest BCUT2D eigenvalue weighted by atomic mass is 79.9. The molecule has 7 nitrogen and oxygen atoms in total. The lowest BCUT2D eigenvalue weighted by atomic mass is 10.0. The van der Waals surface area contributed by atoms with E-state index in [0.29, 0.717) is 16.5 Å². The number of hydrogen-bond donors (Lipinski definition) is 2. The fraction of sp³-hybridized carbons (Fsp3) is 0.304. The number of aryl methyl sites for hydroxylation is 1. The maximum atomic E-state index is 12.7. The van der Waals surface area contributed by atoms with Gasteiger partial charge in [0.2, 0.25) is 5.91 Å². The van der Waals surface area contributed by atoms with Crippen LogP contribution in [0, 0.1) is 12.8 Å². The Morgan fingerprint density at radius 1 is 1.12 bits per heavy atom. The molecule has 0 radical (unpaired) electrons. The smallest absolute Gasteiger partial charge is 0.251 e. The van der Waals surface area contributed by atoms with Gasteiger partial charge in [0.1, 0.15) is 0 Å². The number of hydrogen-bond acceptors (Lipinski definition) is 5.